The topological polar surface area (TPSA) is 74.0 Å². The first kappa shape index (κ1) is 7.96. The average molecular weight is 440 g/mol. The zero-order valence-corrected chi connectivity index (χ0v) is 16.5. The Hall–Kier alpha value is -1.79. The van der Waals surface area contributed by atoms with Crippen LogP contribution in [0.5, 0.6) is 11.5 Å². The van der Waals surface area contributed by atoms with Crippen LogP contribution in [0.1, 0.15) is 86.3 Å². The number of esters is 1. The summed E-state index contributed by atoms with van der Waals surface area (Å²) in [5.74, 6) is -12.1. The number of fused-ring (bicyclic) bond motifs is 3. The van der Waals surface area contributed by atoms with Crippen molar-refractivity contribution in [3.05, 3.63) is 23.2 Å². The first-order chi connectivity index (χ1) is 22.4. The number of rotatable bonds is 7. The second-order valence-electron chi connectivity index (χ2n) is 7.33. The van der Waals surface area contributed by atoms with E-state index < -0.39 is 131 Å². The van der Waals surface area contributed by atoms with Gasteiger partial charge in [-0.05, 0) is 47.9 Å². The van der Waals surface area contributed by atoms with Gasteiger partial charge < -0.3 is 19.9 Å². The van der Waals surface area contributed by atoms with E-state index in [2.05, 4.69) is 0 Å². The molecule has 3 rings (SSSR count). The average Bonchev–Trinajstić information content (AvgIpc) is 2.91. The molecule has 168 valence electrons. The standard InChI is InChI=1S/C24H38N2O4/c1-14(2)9-17-13-26-8-7-16-10-21(28-5)22(29-6)11-18(16)19(26)12-20(17)30-24(27)23(25)15(3)4/h10-11,14-15,17,19-20,23H,7-9,12-13,25H2,1-6H3/t17?,19?,20?,23-/m0/s1/i3D3,4D3,5D3,6D3,10D,11D,12D2,13D2,15D,17D,23D. The van der Waals surface area contributed by atoms with Crippen LogP contribution in [0.25, 0.3) is 0 Å². The van der Waals surface area contributed by atoms with Gasteiger partial charge in [0.1, 0.15) is 12.1 Å². The third kappa shape index (κ3) is 4.75. The number of methoxy groups -OCH3 is 2. The highest BCUT2D eigenvalue weighted by atomic mass is 16.5. The molecular weight excluding hydrogens is 380 g/mol. The lowest BCUT2D eigenvalue weighted by molar-refractivity contribution is -0.160. The molecule has 0 radical (unpaired) electrons. The summed E-state index contributed by atoms with van der Waals surface area (Å²) in [5, 5.41) is 0. The number of ether oxygens (including phenoxy) is 3. The summed E-state index contributed by atoms with van der Waals surface area (Å²) in [6.07, 6.45) is -7.01. The van der Waals surface area contributed by atoms with E-state index in [0.717, 1.165) is 4.90 Å². The third-order valence-electron chi connectivity index (χ3n) is 4.69. The number of carbonyl (C=O) groups excluding carboxylic acids is 1. The van der Waals surface area contributed by atoms with Gasteiger partial charge in [0.05, 0.1) is 26.4 Å². The van der Waals surface area contributed by atoms with E-state index in [4.69, 9.17) is 41.9 Å². The highest BCUT2D eigenvalue weighted by Gasteiger charge is 2.41. The van der Waals surface area contributed by atoms with Crippen molar-refractivity contribution in [2.45, 2.75) is 64.9 Å². The molecule has 1 saturated heterocycles. The Labute approximate surface area is 210 Å². The van der Waals surface area contributed by atoms with Crippen molar-refractivity contribution in [1.29, 1.82) is 0 Å². The number of nitrogens with two attached hydrogens (primary N) is 1. The van der Waals surface area contributed by atoms with Crippen LogP contribution in [0, 0.1) is 17.7 Å². The molecule has 3 unspecified atom stereocenters. The van der Waals surface area contributed by atoms with Crippen LogP contribution in [0.15, 0.2) is 12.1 Å². The predicted molar refractivity (Wildman–Crippen MR) is 118 cm³/mol. The molecule has 0 spiro atoms. The van der Waals surface area contributed by atoms with E-state index in [1.165, 1.54) is 13.8 Å². The molecule has 30 heavy (non-hydrogen) atoms. The van der Waals surface area contributed by atoms with Crippen molar-refractivity contribution < 1.29 is 47.8 Å². The number of piperidine rings is 1. The summed E-state index contributed by atoms with van der Waals surface area (Å²) in [5.41, 5.74) is 4.74. The molecule has 4 atom stereocenters. The number of hydrogen-bond acceptors (Lipinski definition) is 6. The van der Waals surface area contributed by atoms with Gasteiger partial charge in [0.25, 0.3) is 0 Å². The fraction of sp³-hybridized carbons (Fsp3) is 0.708. The molecule has 0 bridgehead atoms. The summed E-state index contributed by atoms with van der Waals surface area (Å²) in [7, 11) is -6.69. The van der Waals surface area contributed by atoms with Crippen molar-refractivity contribution in [2.24, 2.45) is 23.4 Å². The SMILES string of the molecule is [2H]c1c2c(c([2H])c(OC([2H])([2H])[2H])c1OC([2H])([2H])[2H])C1N(CC2)C([2H])([2H])C([2H])(CC(C)C)C(OC(=O)[C@@]([2H])(N)C([2H])(C([2H])([2H])[2H])C([2H])([2H])[2H])C1([2H])[2H]. The smallest absolute Gasteiger partial charge is 0.323 e. The first-order valence-electron chi connectivity index (χ1n) is 19.7. The van der Waals surface area contributed by atoms with Crippen molar-refractivity contribution in [3.63, 3.8) is 0 Å². The molecule has 1 aromatic rings. The summed E-state index contributed by atoms with van der Waals surface area (Å²) in [4.78, 5) is 14.5. The molecule has 1 fully saturated rings. The predicted octanol–water partition coefficient (Wildman–Crippen LogP) is 3.56. The second kappa shape index (κ2) is 9.56. The molecule has 2 aliphatic heterocycles. The van der Waals surface area contributed by atoms with Gasteiger partial charge >= 0.3 is 5.97 Å². The van der Waals surface area contributed by atoms with Crippen molar-refractivity contribution in [1.82, 2.24) is 4.90 Å². The summed E-state index contributed by atoms with van der Waals surface area (Å²) in [6.45, 7) is -8.48. The molecule has 6 nitrogen and oxygen atoms in total. The summed E-state index contributed by atoms with van der Waals surface area (Å²) >= 11 is 0. The van der Waals surface area contributed by atoms with E-state index in [0.29, 0.717) is 0 Å². The summed E-state index contributed by atoms with van der Waals surface area (Å²) < 4.78 is 187. The number of carbonyl (C=O) groups is 1. The first-order valence-corrected chi connectivity index (χ1v) is 9.22. The van der Waals surface area contributed by atoms with Crippen molar-refractivity contribution in [2.75, 3.05) is 27.1 Å². The van der Waals surface area contributed by atoms with Crippen LogP contribution >= 0.6 is 0 Å². The molecule has 1 aromatic carbocycles. The second-order valence-corrected chi connectivity index (χ2v) is 7.33. The van der Waals surface area contributed by atoms with Crippen LogP contribution < -0.4 is 15.2 Å². The Bertz CT molecular complexity index is 1500. The Morgan fingerprint density at radius 1 is 1.40 bits per heavy atom. The van der Waals surface area contributed by atoms with E-state index in [1.807, 2.05) is 0 Å². The van der Waals surface area contributed by atoms with Crippen LogP contribution in [-0.2, 0) is 16.0 Å². The van der Waals surface area contributed by atoms with Gasteiger partial charge in [0.2, 0.25) is 0 Å². The van der Waals surface area contributed by atoms with Gasteiger partial charge in [-0.25, -0.2) is 0 Å². The normalized spacial score (nSPS) is 44.1. The minimum Gasteiger partial charge on any atom is -0.493 e. The Balaban J connectivity index is 2.42. The van der Waals surface area contributed by atoms with Crippen LogP contribution in [0.2, 0.25) is 0 Å². The molecule has 0 saturated carbocycles. The van der Waals surface area contributed by atoms with Gasteiger partial charge in [0.15, 0.2) is 11.5 Å². The Morgan fingerprint density at radius 3 is 2.80 bits per heavy atom. The van der Waals surface area contributed by atoms with Crippen LogP contribution in [0.3, 0.4) is 0 Å². The van der Waals surface area contributed by atoms with Gasteiger partial charge in [-0.15, -0.1) is 0 Å². The molecule has 0 aromatic heterocycles. The molecule has 0 amide bonds. The molecular formula is C24H38N2O4. The number of hydrogen-bond donors (Lipinski definition) is 1. The molecule has 0 aliphatic carbocycles. The fourth-order valence-electron chi connectivity index (χ4n) is 3.36. The lowest BCUT2D eigenvalue weighted by Gasteiger charge is -2.47. The van der Waals surface area contributed by atoms with Gasteiger partial charge in [-0.3, -0.25) is 9.69 Å². The lowest BCUT2D eigenvalue weighted by Crippen LogP contribution is -2.51. The van der Waals surface area contributed by atoms with E-state index in [9.17, 15) is 11.6 Å². The number of nitrogens with zero attached hydrogens (tertiary/aromatic N) is 1. The minimum atomic E-state index is -4.11. The van der Waals surface area contributed by atoms with E-state index >= 15 is 0 Å². The monoisotopic (exact) mass is 439 g/mol. The van der Waals surface area contributed by atoms with Crippen molar-refractivity contribution >= 4 is 5.97 Å². The molecule has 2 N–H and O–H groups in total. The third-order valence-corrected chi connectivity index (χ3v) is 4.69. The highest BCUT2D eigenvalue weighted by Crippen LogP contribution is 2.44. The van der Waals surface area contributed by atoms with Crippen LogP contribution in [0.4, 0.5) is 0 Å². The summed E-state index contributed by atoms with van der Waals surface area (Å²) in [6, 6.07) is -8.10. The van der Waals surface area contributed by atoms with Crippen LogP contribution in [-0.4, -0.2) is 50.1 Å². The maximum Gasteiger partial charge on any atom is 0.323 e. The zero-order valence-electron chi connectivity index (χ0n) is 37.5. The molecule has 2 aliphatic rings. The van der Waals surface area contributed by atoms with Gasteiger partial charge in [-0.2, -0.15) is 0 Å². The maximum absolute atomic E-state index is 13.7. The Morgan fingerprint density at radius 2 is 2.13 bits per heavy atom. The maximum atomic E-state index is 13.7. The highest BCUT2D eigenvalue weighted by molar-refractivity contribution is 5.76. The molecule has 6 heteroatoms. The zero-order chi connectivity index (χ0) is 40.1. The fourth-order valence-corrected chi connectivity index (χ4v) is 3.36. The van der Waals surface area contributed by atoms with E-state index in [-0.39, 0.29) is 5.56 Å². The van der Waals surface area contributed by atoms with Gasteiger partial charge in [-0.1, -0.05) is 27.6 Å². The molecule has 2 heterocycles. The lowest BCUT2D eigenvalue weighted by atomic mass is 9.79. The van der Waals surface area contributed by atoms with E-state index in [1.54, 1.807) is 0 Å². The largest absolute Gasteiger partial charge is 0.493 e. The van der Waals surface area contributed by atoms with Crippen molar-refractivity contribution in [3.8, 4) is 11.5 Å². The quantitative estimate of drug-likeness (QED) is 0.655. The number of benzene rings is 1. The Kier molecular flexibility index (Phi) is 2.54. The minimum absolute atomic E-state index is 0.312. The van der Waals surface area contributed by atoms with Gasteiger partial charge in [0, 0.05) is 47.8 Å².